The van der Waals surface area contributed by atoms with Crippen molar-refractivity contribution in [2.24, 2.45) is 0 Å². The van der Waals surface area contributed by atoms with E-state index in [1.165, 1.54) is 12.1 Å². The molecule has 2 aromatic carbocycles. The number of carbonyl (C=O) groups is 1. The molecular weight excluding hydrogens is 435 g/mol. The molecule has 4 heterocycles. The fourth-order valence-corrected chi connectivity index (χ4v) is 4.58. The average Bonchev–Trinajstić information content (AvgIpc) is 3.43. The molecule has 1 fully saturated rings. The van der Waals surface area contributed by atoms with E-state index in [4.69, 9.17) is 13.2 Å². The number of benzene rings is 2. The second kappa shape index (κ2) is 6.84. The van der Waals surface area contributed by atoms with Gasteiger partial charge in [-0.15, -0.1) is 0 Å². The van der Waals surface area contributed by atoms with Crippen LogP contribution in [0.4, 0.5) is 19.0 Å². The SMILES string of the molecule is [2H]C1([2H])CC[C@@H]2Oc3cc(C(F)(F)F)ccc3[C@@H]2N1C(=O)c1ccc2nc(N)c3cncn3c2c1. The molecule has 2 atom stereocenters. The molecule has 0 spiro atoms. The van der Waals surface area contributed by atoms with Gasteiger partial charge in [0.1, 0.15) is 23.2 Å². The van der Waals surface area contributed by atoms with Crippen LogP contribution in [0.5, 0.6) is 5.75 Å². The number of nitrogens with two attached hydrogens (primary N) is 1. The lowest BCUT2D eigenvalue weighted by Gasteiger charge is -2.36. The summed E-state index contributed by atoms with van der Waals surface area (Å²) in [4.78, 5) is 23.3. The number of piperidine rings is 1. The van der Waals surface area contributed by atoms with Crippen LogP contribution in [0.1, 0.15) is 43.1 Å². The Bertz CT molecular complexity index is 1520. The molecule has 33 heavy (non-hydrogen) atoms. The standard InChI is InChI=1S/C23H18F3N5O2/c24-23(25,26)13-4-5-14-19(9-13)33-18-2-1-7-30(20(14)18)22(32)12-3-6-15-16(8-12)31-11-28-10-17(31)21(27)29-15/h3-6,8-11,18,20H,1-2,7H2,(H2,27,29)/t18-,20-/m0/s1/i7D2. The van der Waals surface area contributed by atoms with Crippen molar-refractivity contribution in [2.75, 3.05) is 12.2 Å². The number of anilines is 1. The maximum Gasteiger partial charge on any atom is 0.416 e. The molecule has 1 saturated heterocycles. The van der Waals surface area contributed by atoms with Crippen molar-refractivity contribution in [2.45, 2.75) is 31.2 Å². The number of hydrogen-bond donors (Lipinski definition) is 1. The molecule has 2 aromatic heterocycles. The summed E-state index contributed by atoms with van der Waals surface area (Å²) in [5.41, 5.74) is 7.32. The molecule has 2 aliphatic heterocycles. The Morgan fingerprint density at radius 2 is 2.06 bits per heavy atom. The highest BCUT2D eigenvalue weighted by Gasteiger charge is 2.44. The summed E-state index contributed by atoms with van der Waals surface area (Å²) >= 11 is 0. The first kappa shape index (κ1) is 17.7. The third kappa shape index (κ3) is 3.00. The molecule has 2 aliphatic rings. The minimum atomic E-state index is -4.54. The van der Waals surface area contributed by atoms with E-state index in [0.717, 1.165) is 17.0 Å². The summed E-state index contributed by atoms with van der Waals surface area (Å²) < 4.78 is 64.3. The smallest absolute Gasteiger partial charge is 0.416 e. The van der Waals surface area contributed by atoms with Crippen LogP contribution in [-0.4, -0.2) is 37.8 Å². The third-order valence-electron chi connectivity index (χ3n) is 6.12. The average molecular weight is 455 g/mol. The molecule has 168 valence electrons. The van der Waals surface area contributed by atoms with E-state index < -0.39 is 36.3 Å². The molecule has 0 unspecified atom stereocenters. The van der Waals surface area contributed by atoms with Crippen LogP contribution in [0.25, 0.3) is 16.6 Å². The number of nitrogen functional groups attached to an aromatic ring is 1. The number of hydrogen-bond acceptors (Lipinski definition) is 5. The van der Waals surface area contributed by atoms with Crippen molar-refractivity contribution in [1.82, 2.24) is 19.3 Å². The molecule has 6 rings (SSSR count). The number of alkyl halides is 3. The fourth-order valence-electron chi connectivity index (χ4n) is 4.58. The Balaban J connectivity index is 1.45. The molecule has 0 bridgehead atoms. The van der Waals surface area contributed by atoms with Gasteiger partial charge in [-0.05, 0) is 43.2 Å². The van der Waals surface area contributed by atoms with Gasteiger partial charge in [0.2, 0.25) is 0 Å². The van der Waals surface area contributed by atoms with Gasteiger partial charge < -0.3 is 15.4 Å². The number of aromatic nitrogens is 3. The minimum absolute atomic E-state index is 0.0164. The zero-order chi connectivity index (χ0) is 24.7. The fraction of sp³-hybridized carbons (Fsp3) is 0.261. The van der Waals surface area contributed by atoms with Gasteiger partial charge in [-0.25, -0.2) is 9.97 Å². The summed E-state index contributed by atoms with van der Waals surface area (Å²) in [5, 5.41) is 0. The van der Waals surface area contributed by atoms with Gasteiger partial charge >= 0.3 is 6.18 Å². The van der Waals surface area contributed by atoms with Gasteiger partial charge in [0.25, 0.3) is 5.91 Å². The zero-order valence-electron chi connectivity index (χ0n) is 19.0. The largest absolute Gasteiger partial charge is 0.488 e. The molecule has 0 aliphatic carbocycles. The van der Waals surface area contributed by atoms with Crippen molar-refractivity contribution in [1.29, 1.82) is 0 Å². The van der Waals surface area contributed by atoms with E-state index in [9.17, 15) is 18.0 Å². The topological polar surface area (TPSA) is 85.8 Å². The van der Waals surface area contributed by atoms with Gasteiger partial charge in [0.05, 0.1) is 35.2 Å². The van der Waals surface area contributed by atoms with E-state index in [1.54, 1.807) is 29.1 Å². The second-order valence-corrected chi connectivity index (χ2v) is 8.07. The van der Waals surface area contributed by atoms with Crippen LogP contribution in [0.15, 0.2) is 48.9 Å². The first-order chi connectivity index (χ1) is 16.5. The van der Waals surface area contributed by atoms with Crippen LogP contribution < -0.4 is 10.5 Å². The van der Waals surface area contributed by atoms with Crippen LogP contribution in [-0.2, 0) is 6.18 Å². The predicted octanol–water partition coefficient (Wildman–Crippen LogP) is 4.22. The van der Waals surface area contributed by atoms with E-state index in [2.05, 4.69) is 9.97 Å². The van der Waals surface area contributed by atoms with Gasteiger partial charge in [0.15, 0.2) is 0 Å². The number of fused-ring (bicyclic) bond motifs is 6. The molecule has 4 aromatic rings. The molecular formula is C23H18F3N5O2. The third-order valence-corrected chi connectivity index (χ3v) is 6.12. The summed E-state index contributed by atoms with van der Waals surface area (Å²) in [5.74, 6) is -0.307. The number of rotatable bonds is 1. The molecule has 0 radical (unpaired) electrons. The highest BCUT2D eigenvalue weighted by molar-refractivity contribution is 5.98. The number of likely N-dealkylation sites (tertiary alicyclic amines) is 1. The first-order valence-electron chi connectivity index (χ1n) is 11.3. The lowest BCUT2D eigenvalue weighted by Crippen LogP contribution is -2.44. The number of nitrogens with zero attached hydrogens (tertiary/aromatic N) is 4. The number of ether oxygens (including phenoxy) is 1. The van der Waals surface area contributed by atoms with Crippen LogP contribution in [0, 0.1) is 0 Å². The predicted molar refractivity (Wildman–Crippen MR) is 114 cm³/mol. The lowest BCUT2D eigenvalue weighted by molar-refractivity contribution is -0.137. The van der Waals surface area contributed by atoms with Crippen LogP contribution in [0.3, 0.4) is 0 Å². The van der Waals surface area contributed by atoms with Crippen LogP contribution >= 0.6 is 0 Å². The summed E-state index contributed by atoms with van der Waals surface area (Å²) in [7, 11) is 0. The van der Waals surface area contributed by atoms with E-state index >= 15 is 0 Å². The number of imidazole rings is 1. The van der Waals surface area contributed by atoms with Crippen molar-refractivity contribution in [3.63, 3.8) is 0 Å². The Morgan fingerprint density at radius 3 is 2.88 bits per heavy atom. The van der Waals surface area contributed by atoms with Crippen molar-refractivity contribution < 1.29 is 25.4 Å². The van der Waals surface area contributed by atoms with Gasteiger partial charge in [-0.1, -0.05) is 6.07 Å². The maximum atomic E-state index is 13.8. The Morgan fingerprint density at radius 1 is 1.21 bits per heavy atom. The molecule has 1 amide bonds. The Hall–Kier alpha value is -3.82. The Labute approximate surface area is 188 Å². The number of halogens is 3. The van der Waals surface area contributed by atoms with E-state index in [-0.39, 0.29) is 30.0 Å². The normalized spacial score (nSPS) is 22.5. The van der Waals surface area contributed by atoms with Crippen molar-refractivity contribution in [3.05, 3.63) is 65.6 Å². The zero-order valence-corrected chi connectivity index (χ0v) is 17.0. The van der Waals surface area contributed by atoms with Crippen LogP contribution in [0.2, 0.25) is 0 Å². The first-order valence-corrected chi connectivity index (χ1v) is 10.3. The number of carbonyl (C=O) groups excluding carboxylic acids is 1. The molecule has 7 nitrogen and oxygen atoms in total. The summed E-state index contributed by atoms with van der Waals surface area (Å²) in [6.07, 6.45) is -1.86. The van der Waals surface area contributed by atoms with Crippen molar-refractivity contribution >= 4 is 28.3 Å². The molecule has 10 heteroatoms. The van der Waals surface area contributed by atoms with Gasteiger partial charge in [0, 0.05) is 20.4 Å². The quantitative estimate of drug-likeness (QED) is 0.465. The van der Waals surface area contributed by atoms with E-state index in [1.807, 2.05) is 0 Å². The van der Waals surface area contributed by atoms with Crippen molar-refractivity contribution in [3.8, 4) is 5.75 Å². The van der Waals surface area contributed by atoms with E-state index in [0.29, 0.717) is 22.1 Å². The highest BCUT2D eigenvalue weighted by atomic mass is 19.4. The Kier molecular flexibility index (Phi) is 3.67. The molecule has 0 saturated carbocycles. The van der Waals surface area contributed by atoms with Gasteiger partial charge in [-0.2, -0.15) is 13.2 Å². The van der Waals surface area contributed by atoms with Gasteiger partial charge in [-0.3, -0.25) is 9.20 Å². The number of amides is 1. The highest BCUT2D eigenvalue weighted by Crippen LogP contribution is 2.46. The maximum absolute atomic E-state index is 13.8. The molecule has 2 N–H and O–H groups in total. The second-order valence-electron chi connectivity index (χ2n) is 8.07. The lowest BCUT2D eigenvalue weighted by atomic mass is 9.93. The monoisotopic (exact) mass is 455 g/mol. The minimum Gasteiger partial charge on any atom is -0.488 e. The summed E-state index contributed by atoms with van der Waals surface area (Å²) in [6, 6.07) is 6.98. The summed E-state index contributed by atoms with van der Waals surface area (Å²) in [6.45, 7) is -2.04.